The molecular formula is C19H19ClN2O2S. The van der Waals surface area contributed by atoms with Gasteiger partial charge in [0, 0.05) is 53.6 Å². The van der Waals surface area contributed by atoms with Crippen LogP contribution in [0, 0.1) is 6.92 Å². The van der Waals surface area contributed by atoms with Crippen LogP contribution >= 0.6 is 22.9 Å². The average Bonchev–Trinajstić information content (AvgIpc) is 3.23. The second kappa shape index (κ2) is 6.83. The molecule has 0 unspecified atom stereocenters. The van der Waals surface area contributed by atoms with Crippen molar-refractivity contribution in [2.45, 2.75) is 13.5 Å². The van der Waals surface area contributed by atoms with E-state index in [0.29, 0.717) is 16.4 Å². The summed E-state index contributed by atoms with van der Waals surface area (Å²) < 4.78 is 5.82. The van der Waals surface area contributed by atoms with Crippen molar-refractivity contribution in [1.82, 2.24) is 9.80 Å². The molecule has 0 bridgehead atoms. The molecule has 0 radical (unpaired) electrons. The Balaban J connectivity index is 1.46. The minimum absolute atomic E-state index is 0.0272. The standard InChI is InChI=1S/C19H19ClN2O2S/c1-13-16-11-14(20)4-5-17(16)24-18(13)19(23)22-8-6-21(7-9-22)12-15-3-2-10-25-15/h2-5,10-11H,6-9,12H2,1H3. The first-order valence-electron chi connectivity index (χ1n) is 8.34. The Bertz CT molecular complexity index is 896. The number of benzene rings is 1. The third kappa shape index (κ3) is 3.32. The van der Waals surface area contributed by atoms with E-state index in [1.165, 1.54) is 4.88 Å². The summed E-state index contributed by atoms with van der Waals surface area (Å²) in [6.45, 7) is 6.09. The Morgan fingerprint density at radius 1 is 1.24 bits per heavy atom. The summed E-state index contributed by atoms with van der Waals surface area (Å²) >= 11 is 7.84. The maximum absolute atomic E-state index is 12.9. The van der Waals surface area contributed by atoms with Crippen LogP contribution < -0.4 is 0 Å². The Hall–Kier alpha value is -1.82. The van der Waals surface area contributed by atoms with Crippen LogP contribution in [0.25, 0.3) is 11.0 Å². The smallest absolute Gasteiger partial charge is 0.289 e. The van der Waals surface area contributed by atoms with E-state index in [4.69, 9.17) is 16.0 Å². The lowest BCUT2D eigenvalue weighted by atomic mass is 10.1. The molecule has 130 valence electrons. The molecule has 1 saturated heterocycles. The van der Waals surface area contributed by atoms with Crippen LogP contribution in [0.4, 0.5) is 0 Å². The monoisotopic (exact) mass is 374 g/mol. The third-order valence-electron chi connectivity index (χ3n) is 4.71. The molecule has 4 nitrogen and oxygen atoms in total. The minimum atomic E-state index is -0.0272. The van der Waals surface area contributed by atoms with Crippen LogP contribution in [0.3, 0.4) is 0 Å². The van der Waals surface area contributed by atoms with Gasteiger partial charge in [-0.3, -0.25) is 9.69 Å². The fourth-order valence-corrected chi connectivity index (χ4v) is 4.19. The van der Waals surface area contributed by atoms with E-state index in [-0.39, 0.29) is 5.91 Å². The molecule has 0 N–H and O–H groups in total. The molecule has 0 spiro atoms. The second-order valence-corrected chi connectivity index (χ2v) is 7.81. The van der Waals surface area contributed by atoms with Gasteiger partial charge >= 0.3 is 0 Å². The number of piperazine rings is 1. The summed E-state index contributed by atoms with van der Waals surface area (Å²) in [4.78, 5) is 18.5. The first-order chi connectivity index (χ1) is 12.1. The fraction of sp³-hybridized carbons (Fsp3) is 0.316. The summed E-state index contributed by atoms with van der Waals surface area (Å²) in [5.41, 5.74) is 1.57. The highest BCUT2D eigenvalue weighted by Gasteiger charge is 2.26. The molecule has 1 aromatic carbocycles. The van der Waals surface area contributed by atoms with Crippen molar-refractivity contribution < 1.29 is 9.21 Å². The summed E-state index contributed by atoms with van der Waals surface area (Å²) in [7, 11) is 0. The number of hydrogen-bond donors (Lipinski definition) is 0. The number of furan rings is 1. The Labute approximate surface area is 155 Å². The maximum atomic E-state index is 12.9. The normalized spacial score (nSPS) is 15.8. The van der Waals surface area contributed by atoms with Gasteiger partial charge in [-0.25, -0.2) is 0 Å². The first-order valence-corrected chi connectivity index (χ1v) is 9.60. The zero-order chi connectivity index (χ0) is 17.4. The molecule has 1 fully saturated rings. The number of carbonyl (C=O) groups excluding carboxylic acids is 1. The molecule has 4 rings (SSSR count). The van der Waals surface area contributed by atoms with E-state index in [1.54, 1.807) is 17.4 Å². The van der Waals surface area contributed by atoms with Crippen LogP contribution in [-0.2, 0) is 6.54 Å². The number of rotatable bonds is 3. The third-order valence-corrected chi connectivity index (χ3v) is 5.81. The quantitative estimate of drug-likeness (QED) is 0.681. The molecule has 0 aliphatic carbocycles. The lowest BCUT2D eigenvalue weighted by Gasteiger charge is -2.34. The van der Waals surface area contributed by atoms with Crippen LogP contribution in [0.2, 0.25) is 5.02 Å². The van der Waals surface area contributed by atoms with Crippen molar-refractivity contribution in [2.75, 3.05) is 26.2 Å². The van der Waals surface area contributed by atoms with Crippen molar-refractivity contribution in [3.63, 3.8) is 0 Å². The molecule has 0 saturated carbocycles. The van der Waals surface area contributed by atoms with Gasteiger partial charge in [0.25, 0.3) is 5.91 Å². The van der Waals surface area contributed by atoms with Gasteiger partial charge in [0.05, 0.1) is 0 Å². The number of thiophene rings is 1. The van der Waals surface area contributed by atoms with Gasteiger partial charge < -0.3 is 9.32 Å². The van der Waals surface area contributed by atoms with Gasteiger partial charge in [-0.05, 0) is 36.6 Å². The van der Waals surface area contributed by atoms with Gasteiger partial charge in [0.2, 0.25) is 0 Å². The minimum Gasteiger partial charge on any atom is -0.451 e. The summed E-state index contributed by atoms with van der Waals surface area (Å²) in [6, 6.07) is 9.69. The van der Waals surface area contributed by atoms with E-state index in [2.05, 4.69) is 22.4 Å². The van der Waals surface area contributed by atoms with Crippen LogP contribution in [0.5, 0.6) is 0 Å². The van der Waals surface area contributed by atoms with Crippen molar-refractivity contribution in [3.8, 4) is 0 Å². The molecule has 1 aliphatic heterocycles. The lowest BCUT2D eigenvalue weighted by Crippen LogP contribution is -2.48. The molecule has 1 aliphatic rings. The summed E-state index contributed by atoms with van der Waals surface area (Å²) in [5.74, 6) is 0.407. The topological polar surface area (TPSA) is 36.7 Å². The second-order valence-electron chi connectivity index (χ2n) is 6.34. The van der Waals surface area contributed by atoms with Gasteiger partial charge in [-0.15, -0.1) is 11.3 Å². The number of carbonyl (C=O) groups is 1. The van der Waals surface area contributed by atoms with Crippen LogP contribution in [0.15, 0.2) is 40.1 Å². The van der Waals surface area contributed by atoms with Crippen molar-refractivity contribution in [3.05, 3.63) is 56.9 Å². The van der Waals surface area contributed by atoms with Crippen LogP contribution in [-0.4, -0.2) is 41.9 Å². The summed E-state index contributed by atoms with van der Waals surface area (Å²) in [5, 5.41) is 3.66. The highest BCUT2D eigenvalue weighted by molar-refractivity contribution is 7.09. The maximum Gasteiger partial charge on any atom is 0.289 e. The molecule has 25 heavy (non-hydrogen) atoms. The number of fused-ring (bicyclic) bond motifs is 1. The Kier molecular flexibility index (Phi) is 4.54. The molecule has 2 aromatic heterocycles. The van der Waals surface area contributed by atoms with Crippen LogP contribution in [0.1, 0.15) is 21.0 Å². The molecule has 6 heteroatoms. The van der Waals surface area contributed by atoms with Gasteiger partial charge in [0.1, 0.15) is 5.58 Å². The van der Waals surface area contributed by atoms with E-state index >= 15 is 0 Å². The SMILES string of the molecule is Cc1c(C(=O)N2CCN(Cc3cccs3)CC2)oc2ccc(Cl)cc12. The van der Waals surface area contributed by atoms with Gasteiger partial charge in [0.15, 0.2) is 5.76 Å². The molecular weight excluding hydrogens is 356 g/mol. The zero-order valence-corrected chi connectivity index (χ0v) is 15.6. The Morgan fingerprint density at radius 2 is 2.04 bits per heavy atom. The number of hydrogen-bond acceptors (Lipinski definition) is 4. The summed E-state index contributed by atoms with van der Waals surface area (Å²) in [6.07, 6.45) is 0. The van der Waals surface area contributed by atoms with E-state index in [0.717, 1.165) is 43.7 Å². The predicted molar refractivity (Wildman–Crippen MR) is 101 cm³/mol. The van der Waals surface area contributed by atoms with Crippen molar-refractivity contribution in [2.24, 2.45) is 0 Å². The molecule has 3 heterocycles. The van der Waals surface area contributed by atoms with Gasteiger partial charge in [-0.2, -0.15) is 0 Å². The number of amides is 1. The van der Waals surface area contributed by atoms with Gasteiger partial charge in [-0.1, -0.05) is 17.7 Å². The molecule has 1 amide bonds. The predicted octanol–water partition coefficient (Wildman–Crippen LogP) is 4.41. The van der Waals surface area contributed by atoms with Crippen molar-refractivity contribution in [1.29, 1.82) is 0 Å². The van der Waals surface area contributed by atoms with E-state index < -0.39 is 0 Å². The highest BCUT2D eigenvalue weighted by Crippen LogP contribution is 2.29. The zero-order valence-electron chi connectivity index (χ0n) is 14.0. The average molecular weight is 375 g/mol. The fourth-order valence-electron chi connectivity index (χ4n) is 3.27. The highest BCUT2D eigenvalue weighted by atomic mass is 35.5. The molecule has 3 aromatic rings. The van der Waals surface area contributed by atoms with E-state index in [1.807, 2.05) is 24.0 Å². The lowest BCUT2D eigenvalue weighted by molar-refractivity contribution is 0.0600. The van der Waals surface area contributed by atoms with E-state index in [9.17, 15) is 4.79 Å². The first kappa shape index (κ1) is 16.6. The number of halogens is 1. The number of aryl methyl sites for hydroxylation is 1. The molecule has 0 atom stereocenters. The van der Waals surface area contributed by atoms with Crippen molar-refractivity contribution >= 4 is 39.8 Å². The Morgan fingerprint density at radius 3 is 2.76 bits per heavy atom. The number of nitrogens with zero attached hydrogens (tertiary/aromatic N) is 2. The largest absolute Gasteiger partial charge is 0.451 e.